The Hall–Kier alpha value is -6.24. The van der Waals surface area contributed by atoms with E-state index in [0.717, 1.165) is 12.8 Å². The molecule has 3 aliphatic carbocycles. The van der Waals surface area contributed by atoms with E-state index in [1.165, 1.54) is 106 Å². The fourth-order valence-electron chi connectivity index (χ4n) is 11.8. The molecule has 0 aromatic heterocycles. The quantitative estimate of drug-likeness (QED) is 0.157. The van der Waals surface area contributed by atoms with Gasteiger partial charge in [-0.15, -0.1) is 0 Å². The van der Waals surface area contributed by atoms with Crippen LogP contribution >= 0.6 is 0 Å². The molecule has 8 aromatic carbocycles. The molecule has 0 saturated carbocycles. The SMILES string of the molecule is CC(C)(C)c1ccc2c(c1)C1(c3ccccc3-c3ccccc31)c1cc(C(C)(C)C)cc(C(CCc3cccc4c3-c3ccccc3C4(C)C)c3ccc(-c4ccccc4)cc3)c1-2. The van der Waals surface area contributed by atoms with Gasteiger partial charge >= 0.3 is 0 Å². The summed E-state index contributed by atoms with van der Waals surface area (Å²) in [5.74, 6) is 0.142. The molecule has 0 nitrogen and oxygen atoms in total. The fraction of sp³-hybridized carbons (Fsp3) is 0.238. The first-order valence-corrected chi connectivity index (χ1v) is 23.2. The Morgan fingerprint density at radius 3 is 1.60 bits per heavy atom. The van der Waals surface area contributed by atoms with Crippen LogP contribution in [0.1, 0.15) is 129 Å². The van der Waals surface area contributed by atoms with Crippen molar-refractivity contribution in [3.05, 3.63) is 237 Å². The van der Waals surface area contributed by atoms with Gasteiger partial charge in [0.2, 0.25) is 0 Å². The highest BCUT2D eigenvalue weighted by Crippen LogP contribution is 2.65. The van der Waals surface area contributed by atoms with Gasteiger partial charge in [-0.05, 0) is 129 Å². The van der Waals surface area contributed by atoms with Crippen molar-refractivity contribution in [2.75, 3.05) is 0 Å². The standard InChI is InChI=1S/C63H58/c1-60(2,3)44-34-36-50-56(38-44)63(53-26-16-12-22-47(53)48-23-13-17-27-54(48)63)57-39-45(61(4,5)6)37-51(59(50)57)46(42-31-29-41(30-32-42)40-19-10-9-11-20-40)35-33-43-21-18-28-55-58(43)49-24-14-15-25-52(49)62(55,7)8/h9-32,34,36-39,46H,33,35H2,1-8H3. The summed E-state index contributed by atoms with van der Waals surface area (Å²) in [5.41, 5.74) is 25.9. The molecule has 0 aliphatic heterocycles. The topological polar surface area (TPSA) is 0 Å². The summed E-state index contributed by atoms with van der Waals surface area (Å²) in [4.78, 5) is 0. The number of fused-ring (bicyclic) bond motifs is 13. The lowest BCUT2D eigenvalue weighted by Crippen LogP contribution is -2.27. The van der Waals surface area contributed by atoms with E-state index >= 15 is 0 Å². The number of benzene rings is 8. The predicted molar refractivity (Wildman–Crippen MR) is 266 cm³/mol. The first kappa shape index (κ1) is 39.6. The van der Waals surface area contributed by atoms with Crippen LogP contribution < -0.4 is 0 Å². The van der Waals surface area contributed by atoms with E-state index in [1.807, 2.05) is 0 Å². The summed E-state index contributed by atoms with van der Waals surface area (Å²) in [7, 11) is 0. The summed E-state index contributed by atoms with van der Waals surface area (Å²) in [6.45, 7) is 19.1. The lowest BCUT2D eigenvalue weighted by Gasteiger charge is -2.33. The van der Waals surface area contributed by atoms with Gasteiger partial charge in [0.05, 0.1) is 5.41 Å². The zero-order valence-corrected chi connectivity index (χ0v) is 38.2. The van der Waals surface area contributed by atoms with Crippen LogP contribution in [-0.2, 0) is 28.1 Å². The number of rotatable bonds is 6. The molecular formula is C63H58. The average molecular weight is 815 g/mol. The van der Waals surface area contributed by atoms with Crippen LogP contribution in [0.5, 0.6) is 0 Å². The maximum atomic E-state index is 2.62. The Morgan fingerprint density at radius 2 is 0.952 bits per heavy atom. The molecule has 0 amide bonds. The minimum absolute atomic E-state index is 0.00576. The molecule has 310 valence electrons. The Kier molecular flexibility index (Phi) is 8.88. The molecule has 0 heteroatoms. The Balaban J connectivity index is 1.18. The first-order chi connectivity index (χ1) is 30.3. The van der Waals surface area contributed by atoms with E-state index in [1.54, 1.807) is 0 Å². The van der Waals surface area contributed by atoms with Gasteiger partial charge in [-0.25, -0.2) is 0 Å². The molecule has 8 aromatic rings. The van der Waals surface area contributed by atoms with Crippen molar-refractivity contribution < 1.29 is 0 Å². The first-order valence-electron chi connectivity index (χ1n) is 23.2. The van der Waals surface area contributed by atoms with Crippen molar-refractivity contribution in [2.24, 2.45) is 0 Å². The molecule has 0 heterocycles. The van der Waals surface area contributed by atoms with Crippen LogP contribution in [0.2, 0.25) is 0 Å². The van der Waals surface area contributed by atoms with Crippen molar-refractivity contribution in [1.82, 2.24) is 0 Å². The van der Waals surface area contributed by atoms with E-state index in [-0.39, 0.29) is 22.2 Å². The third kappa shape index (κ3) is 5.94. The van der Waals surface area contributed by atoms with Gasteiger partial charge in [0.1, 0.15) is 0 Å². The van der Waals surface area contributed by atoms with Crippen molar-refractivity contribution in [1.29, 1.82) is 0 Å². The summed E-state index contributed by atoms with van der Waals surface area (Å²) in [6, 6.07) is 67.9. The molecule has 1 spiro atoms. The zero-order valence-electron chi connectivity index (χ0n) is 38.2. The Labute approximate surface area is 375 Å². The Morgan fingerprint density at radius 1 is 0.413 bits per heavy atom. The minimum Gasteiger partial charge on any atom is -0.0622 e. The number of hydrogen-bond donors (Lipinski definition) is 0. The van der Waals surface area contributed by atoms with Crippen LogP contribution in [0, 0.1) is 0 Å². The number of aryl methyl sites for hydroxylation is 1. The van der Waals surface area contributed by atoms with Crippen LogP contribution in [0.25, 0.3) is 44.5 Å². The van der Waals surface area contributed by atoms with Gasteiger partial charge in [0.25, 0.3) is 0 Å². The summed E-state index contributed by atoms with van der Waals surface area (Å²) < 4.78 is 0. The monoisotopic (exact) mass is 814 g/mol. The molecule has 63 heavy (non-hydrogen) atoms. The van der Waals surface area contributed by atoms with E-state index in [4.69, 9.17) is 0 Å². The largest absolute Gasteiger partial charge is 0.0725 e. The lowest BCUT2D eigenvalue weighted by molar-refractivity contribution is 0.584. The molecule has 0 bridgehead atoms. The van der Waals surface area contributed by atoms with Crippen molar-refractivity contribution >= 4 is 0 Å². The molecule has 0 saturated heterocycles. The molecule has 0 N–H and O–H groups in total. The highest BCUT2D eigenvalue weighted by atomic mass is 14.5. The molecule has 3 aliphatic rings. The van der Waals surface area contributed by atoms with Gasteiger partial charge in [-0.2, -0.15) is 0 Å². The summed E-state index contributed by atoms with van der Waals surface area (Å²) in [6.07, 6.45) is 1.96. The second kappa shape index (κ2) is 14.1. The molecule has 11 rings (SSSR count). The molecule has 1 unspecified atom stereocenters. The third-order valence-corrected chi connectivity index (χ3v) is 15.1. The van der Waals surface area contributed by atoms with E-state index < -0.39 is 5.41 Å². The molecule has 0 radical (unpaired) electrons. The second-order valence-electron chi connectivity index (χ2n) is 21.2. The van der Waals surface area contributed by atoms with E-state index in [0.29, 0.717) is 0 Å². The normalized spacial score (nSPS) is 15.3. The van der Waals surface area contributed by atoms with Crippen LogP contribution in [0.15, 0.2) is 176 Å². The van der Waals surface area contributed by atoms with Crippen LogP contribution in [0.4, 0.5) is 0 Å². The molecule has 1 atom stereocenters. The number of hydrogen-bond acceptors (Lipinski definition) is 0. The Bertz CT molecular complexity index is 3040. The summed E-state index contributed by atoms with van der Waals surface area (Å²) in [5, 5.41) is 0. The minimum atomic E-state index is -0.438. The second-order valence-corrected chi connectivity index (χ2v) is 21.2. The average Bonchev–Trinajstić information content (AvgIpc) is 3.85. The van der Waals surface area contributed by atoms with Gasteiger partial charge in [0.15, 0.2) is 0 Å². The van der Waals surface area contributed by atoms with E-state index in [9.17, 15) is 0 Å². The van der Waals surface area contributed by atoms with Crippen LogP contribution in [0.3, 0.4) is 0 Å². The maximum absolute atomic E-state index is 2.62. The van der Waals surface area contributed by atoms with Crippen molar-refractivity contribution in [3.63, 3.8) is 0 Å². The van der Waals surface area contributed by atoms with Gasteiger partial charge in [-0.1, -0.05) is 231 Å². The van der Waals surface area contributed by atoms with Crippen LogP contribution in [-0.4, -0.2) is 0 Å². The molecular weight excluding hydrogens is 757 g/mol. The lowest BCUT2D eigenvalue weighted by atomic mass is 9.68. The van der Waals surface area contributed by atoms with E-state index in [2.05, 4.69) is 231 Å². The smallest absolute Gasteiger partial charge is 0.0622 e. The van der Waals surface area contributed by atoms with Crippen molar-refractivity contribution in [2.45, 2.75) is 95.8 Å². The highest BCUT2D eigenvalue weighted by Gasteiger charge is 2.53. The van der Waals surface area contributed by atoms with Crippen molar-refractivity contribution in [3.8, 4) is 44.5 Å². The van der Waals surface area contributed by atoms with Gasteiger partial charge < -0.3 is 0 Å². The summed E-state index contributed by atoms with van der Waals surface area (Å²) >= 11 is 0. The maximum Gasteiger partial charge on any atom is 0.0725 e. The molecule has 0 fully saturated rings. The van der Waals surface area contributed by atoms with Gasteiger partial charge in [0, 0.05) is 11.3 Å². The zero-order chi connectivity index (χ0) is 43.5. The predicted octanol–water partition coefficient (Wildman–Crippen LogP) is 16.4. The van der Waals surface area contributed by atoms with Gasteiger partial charge in [-0.3, -0.25) is 0 Å². The third-order valence-electron chi connectivity index (χ3n) is 15.1. The highest BCUT2D eigenvalue weighted by molar-refractivity contribution is 5.96. The fourth-order valence-corrected chi connectivity index (χ4v) is 11.8.